The van der Waals surface area contributed by atoms with E-state index in [4.69, 9.17) is 0 Å². The summed E-state index contributed by atoms with van der Waals surface area (Å²) in [6, 6.07) is 12.3. The highest BCUT2D eigenvalue weighted by Gasteiger charge is 2.36. The molecule has 0 saturated heterocycles. The van der Waals surface area contributed by atoms with Gasteiger partial charge in [0, 0.05) is 30.4 Å². The van der Waals surface area contributed by atoms with Crippen molar-refractivity contribution in [3.8, 4) is 0 Å². The Morgan fingerprint density at radius 2 is 1.88 bits per heavy atom. The van der Waals surface area contributed by atoms with Crippen molar-refractivity contribution in [1.29, 1.82) is 0 Å². The maximum Gasteiger partial charge on any atom is 0.269 e. The van der Waals surface area contributed by atoms with Gasteiger partial charge in [-0.05, 0) is 54.5 Å². The number of anilines is 1. The Kier molecular flexibility index (Phi) is 4.15. The summed E-state index contributed by atoms with van der Waals surface area (Å²) in [6.07, 6.45) is 5.70. The van der Waals surface area contributed by atoms with Gasteiger partial charge in [-0.15, -0.1) is 0 Å². The minimum absolute atomic E-state index is 0.162. The van der Waals surface area contributed by atoms with Crippen LogP contribution in [0.3, 0.4) is 0 Å². The van der Waals surface area contributed by atoms with Crippen LogP contribution < -0.4 is 4.90 Å². The van der Waals surface area contributed by atoms with E-state index in [1.165, 1.54) is 31.4 Å². The fraction of sp³-hybridized carbons (Fsp3) is 0.400. The van der Waals surface area contributed by atoms with Gasteiger partial charge in [-0.1, -0.05) is 25.0 Å². The van der Waals surface area contributed by atoms with Crippen molar-refractivity contribution < 1.29 is 9.31 Å². The second-order valence-corrected chi connectivity index (χ2v) is 7.14. The first-order valence-corrected chi connectivity index (χ1v) is 8.90. The Labute approximate surface area is 146 Å². The number of rotatable bonds is 3. The Morgan fingerprint density at radius 1 is 1.12 bits per heavy atom. The second kappa shape index (κ2) is 6.47. The lowest BCUT2D eigenvalue weighted by molar-refractivity contribution is -0.384. The van der Waals surface area contributed by atoms with Crippen molar-refractivity contribution in [2.24, 2.45) is 5.92 Å². The zero-order valence-corrected chi connectivity index (χ0v) is 14.0. The highest BCUT2D eigenvalue weighted by Crippen LogP contribution is 2.42. The zero-order valence-electron chi connectivity index (χ0n) is 14.0. The predicted octanol–water partition coefficient (Wildman–Crippen LogP) is 4.86. The van der Waals surface area contributed by atoms with E-state index in [0.717, 1.165) is 29.7 Å². The normalized spacial score (nSPS) is 22.2. The summed E-state index contributed by atoms with van der Waals surface area (Å²) in [5.74, 6) is 0.317. The lowest BCUT2D eigenvalue weighted by Crippen LogP contribution is -2.46. The number of halogens is 1. The summed E-state index contributed by atoms with van der Waals surface area (Å²) in [5, 5.41) is 11.1. The number of nitrogens with zero attached hydrogens (tertiary/aromatic N) is 2. The maximum absolute atomic E-state index is 13.2. The van der Waals surface area contributed by atoms with E-state index in [9.17, 15) is 14.5 Å². The number of nitro benzene ring substituents is 1. The molecule has 2 aliphatic rings. The van der Waals surface area contributed by atoms with E-state index in [0.29, 0.717) is 18.5 Å². The van der Waals surface area contributed by atoms with Crippen LogP contribution in [0.15, 0.2) is 42.5 Å². The van der Waals surface area contributed by atoms with Crippen LogP contribution in [0.5, 0.6) is 0 Å². The van der Waals surface area contributed by atoms with E-state index in [2.05, 4.69) is 4.90 Å². The molecule has 25 heavy (non-hydrogen) atoms. The molecule has 1 saturated carbocycles. The molecule has 0 bridgehead atoms. The molecule has 1 fully saturated rings. The van der Waals surface area contributed by atoms with Crippen molar-refractivity contribution in [3.05, 3.63) is 69.5 Å². The fourth-order valence-corrected chi connectivity index (χ4v) is 4.42. The summed E-state index contributed by atoms with van der Waals surface area (Å²) in [4.78, 5) is 13.2. The molecule has 130 valence electrons. The Morgan fingerprint density at radius 3 is 2.64 bits per heavy atom. The third-order valence-electron chi connectivity index (χ3n) is 5.60. The third kappa shape index (κ3) is 3.11. The molecule has 0 radical (unpaired) electrons. The van der Waals surface area contributed by atoms with Crippen LogP contribution >= 0.6 is 0 Å². The van der Waals surface area contributed by atoms with Crippen LogP contribution in [0.4, 0.5) is 15.8 Å². The molecule has 2 aromatic rings. The molecule has 5 heteroatoms. The summed E-state index contributed by atoms with van der Waals surface area (Å²) in [6.45, 7) is 0.715. The molecule has 0 N–H and O–H groups in total. The van der Waals surface area contributed by atoms with Crippen LogP contribution in [0.1, 0.15) is 36.8 Å². The van der Waals surface area contributed by atoms with Crippen molar-refractivity contribution >= 4 is 11.4 Å². The molecule has 4 rings (SSSR count). The molecule has 0 unspecified atom stereocenters. The van der Waals surface area contributed by atoms with Gasteiger partial charge in [0.25, 0.3) is 5.69 Å². The Balaban J connectivity index is 1.71. The van der Waals surface area contributed by atoms with Crippen molar-refractivity contribution in [3.63, 3.8) is 0 Å². The first-order chi connectivity index (χ1) is 12.1. The predicted molar refractivity (Wildman–Crippen MR) is 95.1 cm³/mol. The van der Waals surface area contributed by atoms with Crippen LogP contribution in [0.2, 0.25) is 0 Å². The topological polar surface area (TPSA) is 46.4 Å². The van der Waals surface area contributed by atoms with Gasteiger partial charge in [-0.3, -0.25) is 10.1 Å². The van der Waals surface area contributed by atoms with Gasteiger partial charge in [-0.2, -0.15) is 0 Å². The monoisotopic (exact) mass is 340 g/mol. The van der Waals surface area contributed by atoms with Crippen LogP contribution in [-0.4, -0.2) is 11.0 Å². The molecule has 0 amide bonds. The van der Waals surface area contributed by atoms with Crippen molar-refractivity contribution in [2.45, 2.75) is 44.7 Å². The molecule has 2 aromatic carbocycles. The second-order valence-electron chi connectivity index (χ2n) is 7.14. The minimum atomic E-state index is -0.322. The quantitative estimate of drug-likeness (QED) is 0.592. The number of hydrogen-bond donors (Lipinski definition) is 0. The average molecular weight is 340 g/mol. The molecular formula is C20H21FN2O2. The molecule has 1 aliphatic carbocycles. The molecule has 1 aliphatic heterocycles. The Hall–Kier alpha value is -2.43. The van der Waals surface area contributed by atoms with E-state index >= 15 is 0 Å². The number of fused-ring (bicyclic) bond motifs is 2. The SMILES string of the molecule is O=[N+]([O-])c1ccc2c(c1)C[C@H]1CCCC[C@H]1N2Cc1ccc(F)cc1. The van der Waals surface area contributed by atoms with Gasteiger partial charge in [0.05, 0.1) is 4.92 Å². The van der Waals surface area contributed by atoms with E-state index in [-0.39, 0.29) is 16.4 Å². The first-order valence-electron chi connectivity index (χ1n) is 8.90. The first kappa shape index (κ1) is 16.1. The lowest BCUT2D eigenvalue weighted by Gasteiger charge is -2.46. The fourth-order valence-electron chi connectivity index (χ4n) is 4.42. The molecule has 0 spiro atoms. The van der Waals surface area contributed by atoms with E-state index in [1.807, 2.05) is 18.2 Å². The summed E-state index contributed by atoms with van der Waals surface area (Å²) < 4.78 is 13.2. The lowest BCUT2D eigenvalue weighted by atomic mass is 9.76. The average Bonchev–Trinajstić information content (AvgIpc) is 2.62. The van der Waals surface area contributed by atoms with Gasteiger partial charge >= 0.3 is 0 Å². The summed E-state index contributed by atoms with van der Waals surface area (Å²) in [5.41, 5.74) is 3.39. The standard InChI is InChI=1S/C20H21FN2O2/c21-17-7-5-14(6-8-17)13-22-19-4-2-1-3-15(19)11-16-12-18(23(24)25)9-10-20(16)22/h5-10,12,15,19H,1-4,11,13H2/t15-,19-/m1/s1. The molecule has 0 aromatic heterocycles. The van der Waals surface area contributed by atoms with Crippen LogP contribution in [-0.2, 0) is 13.0 Å². The Bertz CT molecular complexity index is 791. The van der Waals surface area contributed by atoms with E-state index in [1.54, 1.807) is 12.1 Å². The molecule has 4 nitrogen and oxygen atoms in total. The smallest absolute Gasteiger partial charge is 0.269 e. The summed E-state index contributed by atoms with van der Waals surface area (Å²) in [7, 11) is 0. The van der Waals surface area contributed by atoms with Crippen LogP contribution in [0, 0.1) is 21.8 Å². The third-order valence-corrected chi connectivity index (χ3v) is 5.60. The largest absolute Gasteiger partial charge is 0.364 e. The van der Waals surface area contributed by atoms with Gasteiger partial charge in [0.1, 0.15) is 5.82 Å². The zero-order chi connectivity index (χ0) is 17.4. The van der Waals surface area contributed by atoms with Crippen molar-refractivity contribution in [2.75, 3.05) is 4.90 Å². The molecule has 1 heterocycles. The maximum atomic E-state index is 13.2. The van der Waals surface area contributed by atoms with Gasteiger partial charge in [0.15, 0.2) is 0 Å². The van der Waals surface area contributed by atoms with Gasteiger partial charge in [-0.25, -0.2) is 4.39 Å². The van der Waals surface area contributed by atoms with E-state index < -0.39 is 0 Å². The van der Waals surface area contributed by atoms with Crippen LogP contribution in [0.25, 0.3) is 0 Å². The highest BCUT2D eigenvalue weighted by molar-refractivity contribution is 5.61. The number of benzene rings is 2. The van der Waals surface area contributed by atoms with Gasteiger partial charge in [0.2, 0.25) is 0 Å². The highest BCUT2D eigenvalue weighted by atomic mass is 19.1. The number of non-ortho nitro benzene ring substituents is 1. The number of hydrogen-bond acceptors (Lipinski definition) is 3. The number of nitro groups is 1. The minimum Gasteiger partial charge on any atom is -0.364 e. The van der Waals surface area contributed by atoms with Crippen molar-refractivity contribution in [1.82, 2.24) is 0 Å². The summed E-state index contributed by atoms with van der Waals surface area (Å²) >= 11 is 0. The van der Waals surface area contributed by atoms with Gasteiger partial charge < -0.3 is 4.90 Å². The molecule has 2 atom stereocenters. The molecular weight excluding hydrogens is 319 g/mol.